The molecule has 5 aromatic rings. The Morgan fingerprint density at radius 2 is 1.47 bits per heavy atom. The fourth-order valence-corrected chi connectivity index (χ4v) is 5.68. The van der Waals surface area contributed by atoms with Gasteiger partial charge in [-0.1, -0.05) is 18.2 Å². The number of fused-ring (bicyclic) bond motifs is 1. The van der Waals surface area contributed by atoms with Crippen molar-refractivity contribution in [3.8, 4) is 11.4 Å². The summed E-state index contributed by atoms with van der Waals surface area (Å²) < 4.78 is 10.8. The van der Waals surface area contributed by atoms with Gasteiger partial charge in [0.1, 0.15) is 11.6 Å². The highest BCUT2D eigenvalue weighted by atomic mass is 16.5. The molecule has 0 bridgehead atoms. The van der Waals surface area contributed by atoms with E-state index in [1.807, 2.05) is 66.7 Å². The highest BCUT2D eigenvalue weighted by molar-refractivity contribution is 6.04. The van der Waals surface area contributed by atoms with Crippen molar-refractivity contribution < 1.29 is 19.1 Å². The summed E-state index contributed by atoms with van der Waals surface area (Å²) >= 11 is 0. The van der Waals surface area contributed by atoms with Crippen LogP contribution < -0.4 is 15.1 Å². The third kappa shape index (κ3) is 6.57. The quantitative estimate of drug-likeness (QED) is 0.239. The average molecular weight is 603 g/mol. The molecule has 2 aliphatic heterocycles. The first kappa shape index (κ1) is 28.7. The molecule has 0 atom stereocenters. The molecule has 45 heavy (non-hydrogen) atoms. The lowest BCUT2D eigenvalue weighted by atomic mass is 10.0. The molecule has 4 heterocycles. The molecule has 2 saturated heterocycles. The second-order valence-corrected chi connectivity index (χ2v) is 11.2. The van der Waals surface area contributed by atoms with E-state index in [1.54, 1.807) is 18.3 Å². The second-order valence-electron chi connectivity index (χ2n) is 11.2. The van der Waals surface area contributed by atoms with Crippen LogP contribution in [0.25, 0.3) is 22.4 Å². The third-order valence-corrected chi connectivity index (χ3v) is 8.24. The van der Waals surface area contributed by atoms with Gasteiger partial charge in [-0.05, 0) is 66.2 Å². The zero-order valence-corrected chi connectivity index (χ0v) is 24.9. The van der Waals surface area contributed by atoms with Crippen LogP contribution >= 0.6 is 0 Å². The van der Waals surface area contributed by atoms with Crippen molar-refractivity contribution in [1.82, 2.24) is 15.0 Å². The Kier molecular flexibility index (Phi) is 8.22. The normalized spacial score (nSPS) is 15.3. The number of morpholine rings is 2. The standard InChI is InChI=1S/C35H34N6O4/c42-32(27-6-12-33(36-23-27)41-15-19-45-20-16-41)22-24-1-11-30-31(21-24)39-34(38-30)25-2-4-26(5-3-25)35(43)37-28-7-9-29(10-8-28)40-13-17-44-18-14-40/h1-12,21,23H,13-20,22H2,(H,37,43)(H,38,39). The molecule has 10 nitrogen and oxygen atoms in total. The molecule has 7 rings (SSSR count). The van der Waals surface area contributed by atoms with E-state index >= 15 is 0 Å². The molecule has 10 heteroatoms. The molecule has 0 aliphatic carbocycles. The van der Waals surface area contributed by atoms with Crippen molar-refractivity contribution in [2.75, 3.05) is 67.7 Å². The van der Waals surface area contributed by atoms with E-state index in [4.69, 9.17) is 14.5 Å². The number of pyridine rings is 1. The first-order chi connectivity index (χ1) is 22.1. The summed E-state index contributed by atoms with van der Waals surface area (Å²) in [6.07, 6.45) is 1.93. The number of amides is 1. The van der Waals surface area contributed by atoms with Crippen molar-refractivity contribution in [2.45, 2.75) is 6.42 Å². The number of nitrogens with zero attached hydrogens (tertiary/aromatic N) is 4. The smallest absolute Gasteiger partial charge is 0.255 e. The number of rotatable bonds is 8. The number of H-pyrrole nitrogens is 1. The van der Waals surface area contributed by atoms with Crippen LogP contribution in [0.5, 0.6) is 0 Å². The maximum absolute atomic E-state index is 13.0. The Morgan fingerprint density at radius 1 is 0.778 bits per heavy atom. The number of ether oxygens (including phenoxy) is 2. The summed E-state index contributed by atoms with van der Waals surface area (Å²) in [4.78, 5) is 43.0. The van der Waals surface area contributed by atoms with Gasteiger partial charge in [0.2, 0.25) is 0 Å². The van der Waals surface area contributed by atoms with Crippen molar-refractivity contribution in [3.63, 3.8) is 0 Å². The summed E-state index contributed by atoms with van der Waals surface area (Å²) in [6, 6.07) is 24.8. The second kappa shape index (κ2) is 12.9. The van der Waals surface area contributed by atoms with Gasteiger partial charge in [-0.2, -0.15) is 0 Å². The maximum Gasteiger partial charge on any atom is 0.255 e. The molecule has 2 aliphatic rings. The van der Waals surface area contributed by atoms with Gasteiger partial charge in [0.15, 0.2) is 5.78 Å². The van der Waals surface area contributed by atoms with Crippen LogP contribution in [-0.4, -0.2) is 79.2 Å². The molecule has 1 amide bonds. The van der Waals surface area contributed by atoms with Crippen molar-refractivity contribution in [3.05, 3.63) is 102 Å². The number of ketones is 1. The van der Waals surface area contributed by atoms with E-state index < -0.39 is 0 Å². The van der Waals surface area contributed by atoms with Gasteiger partial charge in [-0.3, -0.25) is 9.59 Å². The number of carbonyl (C=O) groups is 2. The molecule has 0 unspecified atom stereocenters. The Hall–Kier alpha value is -5.06. The van der Waals surface area contributed by atoms with E-state index in [1.165, 1.54) is 0 Å². The molecule has 2 N–H and O–H groups in total. The fourth-order valence-electron chi connectivity index (χ4n) is 5.68. The Bertz CT molecular complexity index is 1790. The van der Waals surface area contributed by atoms with Crippen LogP contribution in [0.15, 0.2) is 85.1 Å². The van der Waals surface area contributed by atoms with E-state index in [0.29, 0.717) is 30.2 Å². The molecule has 2 aromatic heterocycles. The van der Waals surface area contributed by atoms with Crippen LogP contribution in [0.3, 0.4) is 0 Å². The highest BCUT2D eigenvalue weighted by Gasteiger charge is 2.16. The number of benzene rings is 3. The minimum absolute atomic E-state index is 0.0111. The van der Waals surface area contributed by atoms with Crippen LogP contribution in [0.2, 0.25) is 0 Å². The van der Waals surface area contributed by atoms with E-state index in [0.717, 1.165) is 78.7 Å². The van der Waals surface area contributed by atoms with E-state index in [2.05, 4.69) is 25.1 Å². The molecule has 2 fully saturated rings. The molecule has 228 valence electrons. The number of nitrogens with one attached hydrogen (secondary N) is 2. The third-order valence-electron chi connectivity index (χ3n) is 8.24. The van der Waals surface area contributed by atoms with Gasteiger partial charge in [0.05, 0.1) is 37.5 Å². The van der Waals surface area contributed by atoms with Gasteiger partial charge in [-0.25, -0.2) is 9.97 Å². The number of anilines is 3. The predicted molar refractivity (Wildman–Crippen MR) is 174 cm³/mol. The number of imidazole rings is 1. The van der Waals surface area contributed by atoms with E-state index in [9.17, 15) is 9.59 Å². The molecule has 3 aromatic carbocycles. The summed E-state index contributed by atoms with van der Waals surface area (Å²) in [5, 5.41) is 2.98. The first-order valence-corrected chi connectivity index (χ1v) is 15.2. The molecule has 0 saturated carbocycles. The van der Waals surface area contributed by atoms with Crippen molar-refractivity contribution in [2.24, 2.45) is 0 Å². The van der Waals surface area contributed by atoms with Gasteiger partial charge >= 0.3 is 0 Å². The van der Waals surface area contributed by atoms with Crippen LogP contribution in [0.4, 0.5) is 17.2 Å². The van der Waals surface area contributed by atoms with Crippen LogP contribution in [-0.2, 0) is 15.9 Å². The van der Waals surface area contributed by atoms with Crippen LogP contribution in [0.1, 0.15) is 26.3 Å². The number of aromatic nitrogens is 3. The maximum atomic E-state index is 13.0. The summed E-state index contributed by atoms with van der Waals surface area (Å²) in [6.45, 7) is 6.18. The topological polar surface area (TPSA) is 113 Å². The number of aromatic amines is 1. The van der Waals surface area contributed by atoms with Gasteiger partial charge in [-0.15, -0.1) is 0 Å². The van der Waals surface area contributed by atoms with Gasteiger partial charge in [0, 0.05) is 66.9 Å². The number of hydrogen-bond acceptors (Lipinski definition) is 8. The summed E-state index contributed by atoms with van der Waals surface area (Å²) in [5.41, 5.74) is 6.42. The Labute approximate surface area is 261 Å². The summed E-state index contributed by atoms with van der Waals surface area (Å²) in [7, 11) is 0. The first-order valence-electron chi connectivity index (χ1n) is 15.2. The minimum Gasteiger partial charge on any atom is -0.378 e. The Balaban J connectivity index is 0.978. The van der Waals surface area contributed by atoms with Gasteiger partial charge in [0.25, 0.3) is 5.91 Å². The molecule has 0 radical (unpaired) electrons. The largest absolute Gasteiger partial charge is 0.378 e. The lowest BCUT2D eigenvalue weighted by molar-refractivity contribution is 0.0990. The van der Waals surface area contributed by atoms with Crippen LogP contribution in [0, 0.1) is 0 Å². The predicted octanol–water partition coefficient (Wildman–Crippen LogP) is 4.98. The average Bonchev–Trinajstić information content (AvgIpc) is 3.53. The lowest BCUT2D eigenvalue weighted by Crippen LogP contribution is -2.36. The summed E-state index contributed by atoms with van der Waals surface area (Å²) in [5.74, 6) is 1.40. The number of carbonyl (C=O) groups excluding carboxylic acids is 2. The fraction of sp³-hybridized carbons (Fsp3) is 0.257. The zero-order valence-electron chi connectivity index (χ0n) is 24.9. The minimum atomic E-state index is -0.175. The zero-order chi connectivity index (χ0) is 30.6. The number of Topliss-reactive ketones (excluding diaryl/α,β-unsaturated/α-hetero) is 1. The van der Waals surface area contributed by atoms with Crippen molar-refractivity contribution in [1.29, 1.82) is 0 Å². The SMILES string of the molecule is O=C(Cc1ccc2nc(-c3ccc(C(=O)Nc4ccc(N5CCOCC5)cc4)cc3)[nH]c2c1)c1ccc(N2CCOCC2)nc1. The molecule has 0 spiro atoms. The van der Waals surface area contributed by atoms with Gasteiger partial charge < -0.3 is 29.6 Å². The van der Waals surface area contributed by atoms with E-state index in [-0.39, 0.29) is 18.1 Å². The lowest BCUT2D eigenvalue weighted by Gasteiger charge is -2.28. The molecular weight excluding hydrogens is 568 g/mol. The Morgan fingerprint density at radius 3 is 2.16 bits per heavy atom. The monoisotopic (exact) mass is 602 g/mol. The highest BCUT2D eigenvalue weighted by Crippen LogP contribution is 2.24. The number of hydrogen-bond donors (Lipinski definition) is 2. The molecular formula is C35H34N6O4. The van der Waals surface area contributed by atoms with Crippen molar-refractivity contribution >= 4 is 39.9 Å².